The molecule has 0 spiro atoms. The topological polar surface area (TPSA) is 258 Å². The predicted molar refractivity (Wildman–Crippen MR) is 250 cm³/mol. The number of fused-ring (bicyclic) bond motifs is 4. The number of pyridine rings is 2. The minimum atomic E-state index is -1.08. The number of ether oxygens (including phenoxy) is 1. The van der Waals surface area contributed by atoms with E-state index in [4.69, 9.17) is 5.73 Å². The van der Waals surface area contributed by atoms with Gasteiger partial charge < -0.3 is 40.9 Å². The van der Waals surface area contributed by atoms with Crippen LogP contribution in [0.3, 0.4) is 0 Å². The van der Waals surface area contributed by atoms with Crippen LogP contribution in [0.1, 0.15) is 59.3 Å². The SMILES string of the molecule is COC(=O)[C@H](N)Cc1cc(C)c2[nH]ncc2c1.Cc1cc(C[C@@H](NC(=O)N2CCC(N3C(=O)Cc4ncccc43)CC2)C(=O)O)cc2cn[nH]c12.O=C1Cc2ncccc2N1C1CCNCC1. The molecule has 350 valence electrons. The number of amides is 4. The summed E-state index contributed by atoms with van der Waals surface area (Å²) in [5.74, 6) is -1.23. The molecule has 4 aliphatic heterocycles. The number of rotatable bonds is 9. The molecule has 2 saturated heterocycles. The van der Waals surface area contributed by atoms with Crippen molar-refractivity contribution in [3.8, 4) is 0 Å². The number of hydrogen-bond donors (Lipinski definition) is 6. The van der Waals surface area contributed by atoms with Crippen molar-refractivity contribution in [1.29, 1.82) is 0 Å². The summed E-state index contributed by atoms with van der Waals surface area (Å²) < 4.78 is 4.60. The van der Waals surface area contributed by atoms with Crippen molar-refractivity contribution in [2.24, 2.45) is 5.73 Å². The number of nitrogens with zero attached hydrogens (tertiary/aromatic N) is 7. The van der Waals surface area contributed by atoms with Gasteiger partial charge in [-0.1, -0.05) is 12.1 Å². The molecule has 19 nitrogen and oxygen atoms in total. The Balaban J connectivity index is 0.000000153. The Morgan fingerprint density at radius 1 is 0.791 bits per heavy atom. The van der Waals surface area contributed by atoms with E-state index in [2.05, 4.69) is 45.7 Å². The van der Waals surface area contributed by atoms with Gasteiger partial charge in [-0.2, -0.15) is 10.2 Å². The number of carbonyl (C=O) groups excluding carboxylic acids is 4. The van der Waals surface area contributed by atoms with E-state index in [0.29, 0.717) is 51.2 Å². The van der Waals surface area contributed by atoms with E-state index in [0.717, 1.165) is 92.8 Å². The first-order chi connectivity index (χ1) is 32.4. The zero-order chi connectivity index (χ0) is 47.2. The maximum Gasteiger partial charge on any atom is 0.326 e. The second kappa shape index (κ2) is 20.5. The summed E-state index contributed by atoms with van der Waals surface area (Å²) in [4.78, 5) is 74.5. The average Bonchev–Trinajstić information content (AvgIpc) is 4.14. The number of aromatic amines is 2. The fraction of sp³-hybridized carbons (Fsp3) is 0.396. The van der Waals surface area contributed by atoms with E-state index in [-0.39, 0.29) is 24.3 Å². The van der Waals surface area contributed by atoms with Gasteiger partial charge in [0.25, 0.3) is 0 Å². The first-order valence-corrected chi connectivity index (χ1v) is 22.6. The van der Waals surface area contributed by atoms with Crippen molar-refractivity contribution in [3.05, 3.63) is 107 Å². The zero-order valence-corrected chi connectivity index (χ0v) is 37.8. The number of H-pyrrole nitrogens is 2. The van der Waals surface area contributed by atoms with Gasteiger partial charge in [-0.15, -0.1) is 0 Å². The summed E-state index contributed by atoms with van der Waals surface area (Å²) in [5, 5.41) is 31.5. The molecule has 2 fully saturated rings. The molecule has 6 aromatic rings. The molecule has 2 atom stereocenters. The summed E-state index contributed by atoms with van der Waals surface area (Å²) in [6.07, 6.45) is 11.7. The van der Waals surface area contributed by atoms with Gasteiger partial charge in [0, 0.05) is 54.8 Å². The summed E-state index contributed by atoms with van der Waals surface area (Å²) in [6, 6.07) is 13.7. The summed E-state index contributed by atoms with van der Waals surface area (Å²) in [6.45, 7) is 6.83. The van der Waals surface area contributed by atoms with Crippen molar-refractivity contribution >= 4 is 63.0 Å². The molecule has 4 amide bonds. The summed E-state index contributed by atoms with van der Waals surface area (Å²) in [5.41, 5.74) is 15.2. The van der Waals surface area contributed by atoms with Crippen LogP contribution in [0.15, 0.2) is 73.3 Å². The number of aromatic nitrogens is 6. The third kappa shape index (κ3) is 10.4. The molecule has 8 heterocycles. The van der Waals surface area contributed by atoms with E-state index < -0.39 is 30.1 Å². The number of nitrogens with one attached hydrogen (secondary N) is 4. The van der Waals surface area contributed by atoms with Gasteiger partial charge in [-0.3, -0.25) is 34.5 Å². The smallest absolute Gasteiger partial charge is 0.326 e. The quantitative estimate of drug-likeness (QED) is 0.113. The van der Waals surface area contributed by atoms with Crippen molar-refractivity contribution in [2.45, 2.75) is 89.4 Å². The minimum Gasteiger partial charge on any atom is -0.480 e. The molecule has 2 aromatic carbocycles. The van der Waals surface area contributed by atoms with Crippen LogP contribution in [0.5, 0.6) is 0 Å². The van der Waals surface area contributed by atoms with Gasteiger partial charge in [0.15, 0.2) is 0 Å². The molecular weight excluding hydrogens is 857 g/mol. The van der Waals surface area contributed by atoms with E-state index in [1.54, 1.807) is 29.7 Å². The molecule has 0 radical (unpaired) electrons. The lowest BCUT2D eigenvalue weighted by Gasteiger charge is -2.37. The Morgan fingerprint density at radius 2 is 1.30 bits per heavy atom. The Labute approximate surface area is 386 Å². The second-order valence-corrected chi connectivity index (χ2v) is 17.4. The van der Waals surface area contributed by atoms with Crippen molar-refractivity contribution < 1.29 is 33.8 Å². The monoisotopic (exact) mass is 912 g/mol. The van der Waals surface area contributed by atoms with Gasteiger partial charge in [-0.05, 0) is 118 Å². The Kier molecular flexibility index (Phi) is 14.2. The number of anilines is 2. The van der Waals surface area contributed by atoms with Gasteiger partial charge in [0.1, 0.15) is 12.1 Å². The predicted octanol–water partition coefficient (Wildman–Crippen LogP) is 3.66. The van der Waals surface area contributed by atoms with Crippen molar-refractivity contribution in [3.63, 3.8) is 0 Å². The number of aliphatic carboxylic acids is 1. The molecule has 4 aliphatic rings. The molecule has 0 unspecified atom stereocenters. The van der Waals surface area contributed by atoms with Crippen LogP contribution in [0, 0.1) is 13.8 Å². The van der Waals surface area contributed by atoms with E-state index >= 15 is 0 Å². The molecular formula is C48H56N12O7. The van der Waals surface area contributed by atoms with Crippen LogP contribution in [-0.2, 0) is 49.6 Å². The van der Waals surface area contributed by atoms with Crippen LogP contribution >= 0.6 is 0 Å². The number of methoxy groups -OCH3 is 1. The second-order valence-electron chi connectivity index (χ2n) is 17.4. The van der Waals surface area contributed by atoms with Crippen LogP contribution in [0.4, 0.5) is 16.2 Å². The zero-order valence-electron chi connectivity index (χ0n) is 37.8. The Bertz CT molecular complexity index is 2780. The lowest BCUT2D eigenvalue weighted by molar-refractivity contribution is -0.142. The molecule has 4 aromatic heterocycles. The highest BCUT2D eigenvalue weighted by Crippen LogP contribution is 2.33. The number of piperidine rings is 2. The lowest BCUT2D eigenvalue weighted by atomic mass is 10.0. The Morgan fingerprint density at radius 3 is 1.81 bits per heavy atom. The fourth-order valence-electron chi connectivity index (χ4n) is 9.51. The summed E-state index contributed by atoms with van der Waals surface area (Å²) >= 11 is 0. The lowest BCUT2D eigenvalue weighted by Crippen LogP contribution is -2.53. The van der Waals surface area contributed by atoms with Crippen LogP contribution < -0.4 is 26.2 Å². The molecule has 7 N–H and O–H groups in total. The van der Waals surface area contributed by atoms with Gasteiger partial charge in [0.05, 0.1) is 66.1 Å². The third-order valence-electron chi connectivity index (χ3n) is 12.8. The number of hydrogen-bond acceptors (Lipinski definition) is 12. The van der Waals surface area contributed by atoms with Gasteiger partial charge >= 0.3 is 18.0 Å². The largest absolute Gasteiger partial charge is 0.480 e. The maximum absolute atomic E-state index is 12.9. The highest BCUT2D eigenvalue weighted by molar-refractivity contribution is 6.02. The van der Waals surface area contributed by atoms with E-state index in [1.807, 2.05) is 72.2 Å². The number of carbonyl (C=O) groups is 5. The minimum absolute atomic E-state index is 0.00179. The number of carboxylic acids is 1. The number of aryl methyl sites for hydroxylation is 2. The number of esters is 1. The van der Waals surface area contributed by atoms with E-state index in [1.165, 1.54) is 7.11 Å². The molecule has 10 rings (SSSR count). The van der Waals surface area contributed by atoms with Crippen molar-refractivity contribution in [2.75, 3.05) is 43.1 Å². The molecule has 19 heteroatoms. The Hall–Kier alpha value is -7.25. The van der Waals surface area contributed by atoms with Gasteiger partial charge in [-0.25, -0.2) is 9.59 Å². The number of benzene rings is 2. The average molecular weight is 913 g/mol. The molecule has 0 bridgehead atoms. The third-order valence-corrected chi connectivity index (χ3v) is 12.8. The highest BCUT2D eigenvalue weighted by Gasteiger charge is 2.37. The summed E-state index contributed by atoms with van der Waals surface area (Å²) in [7, 11) is 1.34. The van der Waals surface area contributed by atoms with E-state index in [9.17, 15) is 29.1 Å². The standard InChI is InChI=1S/C24H26N6O4.C12H15N3O2.C12H15N3O/c1-14-9-15(10-16-13-26-28-22(14)16)11-19(23(32)33)27-24(34)29-7-4-17(5-8-29)30-20-3-2-6-25-18(20)12-21(30)31;1-7-3-8(5-10(13)12(16)17-2)4-9-6-14-15-11(7)9;16-12-8-10-11(2-1-5-14-10)15(12)9-3-6-13-7-4-9/h2-3,6,9-10,13,17,19H,4-5,7-8,11-12H2,1H3,(H,26,28)(H,27,34)(H,32,33);3-4,6,10H,5,13H2,1-2H3,(H,14,15);1-2,5,9,13H,3-4,6-8H2/t19-;10-;/m11./s1. The van der Waals surface area contributed by atoms with Gasteiger partial charge in [0.2, 0.25) is 11.8 Å². The normalized spacial score (nSPS) is 17.0. The number of carboxylic acid groups (broad SMARTS) is 1. The van der Waals surface area contributed by atoms with Crippen LogP contribution in [-0.4, -0.2) is 128 Å². The first kappa shape index (κ1) is 46.3. The first-order valence-electron chi connectivity index (χ1n) is 22.6. The number of likely N-dealkylation sites (tertiary alicyclic amines) is 1. The molecule has 67 heavy (non-hydrogen) atoms. The molecule has 0 aliphatic carbocycles. The molecule has 0 saturated carbocycles. The highest BCUT2D eigenvalue weighted by atomic mass is 16.5. The maximum atomic E-state index is 12.9. The van der Waals surface area contributed by atoms with Crippen molar-refractivity contribution in [1.82, 2.24) is 45.9 Å². The van der Waals surface area contributed by atoms with Crippen LogP contribution in [0.25, 0.3) is 21.8 Å². The van der Waals surface area contributed by atoms with Crippen LogP contribution in [0.2, 0.25) is 0 Å². The number of nitrogens with two attached hydrogens (primary N) is 1. The number of urea groups is 1. The fourth-order valence-corrected chi connectivity index (χ4v) is 9.51.